The molecule has 7 heteroatoms. The van der Waals surface area contributed by atoms with Gasteiger partial charge in [-0.1, -0.05) is 34.4 Å². The van der Waals surface area contributed by atoms with Crippen molar-refractivity contribution in [1.29, 1.82) is 0 Å². The van der Waals surface area contributed by atoms with Gasteiger partial charge in [-0.15, -0.1) is 0 Å². The average Bonchev–Trinajstić information content (AvgIpc) is 2.93. The fourth-order valence-electron chi connectivity index (χ4n) is 1.88. The molecule has 2 heterocycles. The van der Waals surface area contributed by atoms with E-state index >= 15 is 0 Å². The van der Waals surface area contributed by atoms with Crippen molar-refractivity contribution in [3.63, 3.8) is 0 Å². The second-order valence-electron chi connectivity index (χ2n) is 4.41. The molecule has 0 spiro atoms. The lowest BCUT2D eigenvalue weighted by Gasteiger charge is -2.04. The third kappa shape index (κ3) is 2.57. The van der Waals surface area contributed by atoms with Crippen LogP contribution in [0.15, 0.2) is 34.9 Å². The molecule has 0 radical (unpaired) electrons. The van der Waals surface area contributed by atoms with E-state index in [4.69, 9.17) is 33.5 Å². The molecular weight excluding hydrogens is 311 g/mol. The number of hydrogen-bond donors (Lipinski definition) is 1. The molecule has 21 heavy (non-hydrogen) atoms. The molecule has 0 saturated heterocycles. The van der Waals surface area contributed by atoms with Gasteiger partial charge in [0, 0.05) is 5.69 Å². The Hall–Kier alpha value is -2.11. The number of aromatic nitrogens is 3. The number of nitrogens with zero attached hydrogens (tertiary/aromatic N) is 3. The van der Waals surface area contributed by atoms with Gasteiger partial charge in [0.1, 0.15) is 5.69 Å². The molecular formula is C14H10Cl2N4O. The van der Waals surface area contributed by atoms with Crippen LogP contribution in [-0.4, -0.2) is 15.1 Å². The first-order chi connectivity index (χ1) is 10.1. The number of rotatable bonds is 2. The van der Waals surface area contributed by atoms with Gasteiger partial charge in [-0.2, -0.15) is 4.98 Å². The highest BCUT2D eigenvalue weighted by Crippen LogP contribution is 2.37. The summed E-state index contributed by atoms with van der Waals surface area (Å²) in [5.41, 5.74) is 8.13. The zero-order chi connectivity index (χ0) is 15.0. The van der Waals surface area contributed by atoms with Crippen molar-refractivity contribution in [3.05, 3.63) is 46.1 Å². The quantitative estimate of drug-likeness (QED) is 0.722. The Morgan fingerprint density at radius 1 is 1.05 bits per heavy atom. The highest BCUT2D eigenvalue weighted by atomic mass is 35.5. The van der Waals surface area contributed by atoms with Gasteiger partial charge in [-0.3, -0.25) is 0 Å². The molecule has 3 rings (SSSR count). The first-order valence-corrected chi connectivity index (χ1v) is 6.83. The monoisotopic (exact) mass is 320 g/mol. The molecule has 0 bridgehead atoms. The standard InChI is InChI=1S/C14H10Cl2N4O/c1-7-3-2-4-10(18-7)13-19-14(21-20-13)11-8(15)5-6-9(16)12(11)17/h2-6H,17H2,1H3. The van der Waals surface area contributed by atoms with Crippen molar-refractivity contribution in [1.82, 2.24) is 15.1 Å². The third-order valence-corrected chi connectivity index (χ3v) is 3.54. The van der Waals surface area contributed by atoms with Crippen LogP contribution < -0.4 is 5.73 Å². The number of halogens is 2. The molecule has 0 unspecified atom stereocenters. The minimum atomic E-state index is 0.207. The average molecular weight is 321 g/mol. The Kier molecular flexibility index (Phi) is 3.53. The fourth-order valence-corrected chi connectivity index (χ4v) is 2.28. The normalized spacial score (nSPS) is 10.8. The predicted octanol–water partition coefficient (Wildman–Crippen LogP) is 4.00. The van der Waals surface area contributed by atoms with E-state index in [9.17, 15) is 0 Å². The predicted molar refractivity (Wildman–Crippen MR) is 82.1 cm³/mol. The van der Waals surface area contributed by atoms with Crippen molar-refractivity contribution in [2.75, 3.05) is 5.73 Å². The van der Waals surface area contributed by atoms with Crippen LogP contribution in [0.3, 0.4) is 0 Å². The lowest BCUT2D eigenvalue weighted by Crippen LogP contribution is -1.93. The molecule has 0 atom stereocenters. The van der Waals surface area contributed by atoms with Gasteiger partial charge in [0.05, 0.1) is 21.3 Å². The molecule has 1 aromatic carbocycles. The van der Waals surface area contributed by atoms with E-state index in [-0.39, 0.29) is 5.89 Å². The molecule has 3 aromatic rings. The van der Waals surface area contributed by atoms with E-state index in [0.29, 0.717) is 32.8 Å². The zero-order valence-corrected chi connectivity index (χ0v) is 12.5. The number of hydrogen-bond acceptors (Lipinski definition) is 5. The Bertz CT molecular complexity index is 816. The smallest absolute Gasteiger partial charge is 0.261 e. The van der Waals surface area contributed by atoms with E-state index in [1.807, 2.05) is 19.1 Å². The van der Waals surface area contributed by atoms with Crippen LogP contribution in [0.5, 0.6) is 0 Å². The fraction of sp³-hybridized carbons (Fsp3) is 0.0714. The van der Waals surface area contributed by atoms with Gasteiger partial charge in [0.25, 0.3) is 5.89 Å². The summed E-state index contributed by atoms with van der Waals surface area (Å²) < 4.78 is 5.24. The second kappa shape index (κ2) is 5.35. The third-order valence-electron chi connectivity index (χ3n) is 2.90. The molecule has 0 fully saturated rings. The van der Waals surface area contributed by atoms with Crippen molar-refractivity contribution in [3.8, 4) is 23.0 Å². The Morgan fingerprint density at radius 3 is 2.57 bits per heavy atom. The summed E-state index contributed by atoms with van der Waals surface area (Å²) in [7, 11) is 0. The van der Waals surface area contributed by atoms with Crippen molar-refractivity contribution >= 4 is 28.9 Å². The molecule has 0 aliphatic carbocycles. The van der Waals surface area contributed by atoms with Crippen LogP contribution in [0.4, 0.5) is 5.69 Å². The number of benzene rings is 1. The van der Waals surface area contributed by atoms with Crippen LogP contribution in [0.2, 0.25) is 10.0 Å². The minimum Gasteiger partial charge on any atom is -0.397 e. The molecule has 106 valence electrons. The SMILES string of the molecule is Cc1cccc(-c2noc(-c3c(Cl)ccc(Cl)c3N)n2)n1. The molecule has 0 amide bonds. The van der Waals surface area contributed by atoms with Gasteiger partial charge >= 0.3 is 0 Å². The van der Waals surface area contributed by atoms with E-state index < -0.39 is 0 Å². The molecule has 0 saturated carbocycles. The Morgan fingerprint density at radius 2 is 1.81 bits per heavy atom. The first-order valence-electron chi connectivity index (χ1n) is 6.08. The van der Waals surface area contributed by atoms with E-state index in [0.717, 1.165) is 5.69 Å². The Balaban J connectivity index is 2.09. The van der Waals surface area contributed by atoms with Crippen LogP contribution in [-0.2, 0) is 0 Å². The zero-order valence-electron chi connectivity index (χ0n) is 11.0. The number of nitrogen functional groups attached to an aromatic ring is 1. The van der Waals surface area contributed by atoms with Crippen LogP contribution in [0.25, 0.3) is 23.0 Å². The summed E-state index contributed by atoms with van der Waals surface area (Å²) in [5, 5.41) is 4.68. The van der Waals surface area contributed by atoms with Crippen molar-refractivity contribution < 1.29 is 4.52 Å². The summed E-state index contributed by atoms with van der Waals surface area (Å²) in [5.74, 6) is 0.572. The number of anilines is 1. The second-order valence-corrected chi connectivity index (χ2v) is 5.22. The summed E-state index contributed by atoms with van der Waals surface area (Å²) >= 11 is 12.1. The van der Waals surface area contributed by atoms with E-state index in [2.05, 4.69) is 15.1 Å². The van der Waals surface area contributed by atoms with Crippen molar-refractivity contribution in [2.24, 2.45) is 0 Å². The van der Waals surface area contributed by atoms with Gasteiger partial charge in [-0.05, 0) is 31.2 Å². The first kappa shape index (κ1) is 13.9. The molecule has 0 aliphatic rings. The van der Waals surface area contributed by atoms with Gasteiger partial charge in [0.2, 0.25) is 5.82 Å². The topological polar surface area (TPSA) is 77.8 Å². The molecule has 2 N–H and O–H groups in total. The summed E-state index contributed by atoms with van der Waals surface area (Å²) in [6.07, 6.45) is 0. The molecule has 2 aromatic heterocycles. The van der Waals surface area contributed by atoms with Crippen LogP contribution in [0.1, 0.15) is 5.69 Å². The summed E-state index contributed by atoms with van der Waals surface area (Å²) in [4.78, 5) is 8.63. The lowest BCUT2D eigenvalue weighted by atomic mass is 10.2. The number of pyridine rings is 1. The summed E-state index contributed by atoms with van der Waals surface area (Å²) in [6, 6.07) is 8.79. The maximum absolute atomic E-state index is 6.13. The van der Waals surface area contributed by atoms with Gasteiger partial charge in [-0.25, -0.2) is 4.98 Å². The minimum absolute atomic E-state index is 0.207. The van der Waals surface area contributed by atoms with E-state index in [1.165, 1.54) is 0 Å². The highest BCUT2D eigenvalue weighted by molar-refractivity contribution is 6.37. The van der Waals surface area contributed by atoms with Crippen LogP contribution in [0, 0.1) is 6.92 Å². The highest BCUT2D eigenvalue weighted by Gasteiger charge is 2.18. The van der Waals surface area contributed by atoms with Gasteiger partial charge < -0.3 is 10.3 Å². The van der Waals surface area contributed by atoms with Crippen molar-refractivity contribution in [2.45, 2.75) is 6.92 Å². The molecule has 0 aliphatic heterocycles. The largest absolute Gasteiger partial charge is 0.397 e. The summed E-state index contributed by atoms with van der Waals surface area (Å²) in [6.45, 7) is 1.89. The van der Waals surface area contributed by atoms with E-state index in [1.54, 1.807) is 18.2 Å². The number of nitrogens with two attached hydrogens (primary N) is 1. The van der Waals surface area contributed by atoms with Gasteiger partial charge in [0.15, 0.2) is 0 Å². The Labute approximate surface area is 130 Å². The maximum atomic E-state index is 6.13. The lowest BCUT2D eigenvalue weighted by molar-refractivity contribution is 0.432. The maximum Gasteiger partial charge on any atom is 0.261 e. The molecule has 5 nitrogen and oxygen atoms in total. The van der Waals surface area contributed by atoms with Crippen LogP contribution >= 0.6 is 23.2 Å². The number of aryl methyl sites for hydroxylation is 1.